The van der Waals surface area contributed by atoms with E-state index in [0.29, 0.717) is 31.1 Å². The molecule has 2 aromatic carbocycles. The zero-order chi connectivity index (χ0) is 21.3. The van der Waals surface area contributed by atoms with Crippen molar-refractivity contribution in [3.8, 4) is 5.75 Å². The van der Waals surface area contributed by atoms with E-state index in [2.05, 4.69) is 21.9 Å². The van der Waals surface area contributed by atoms with Gasteiger partial charge < -0.3 is 19.3 Å². The first-order valence-corrected chi connectivity index (χ1v) is 9.89. The van der Waals surface area contributed by atoms with Crippen LogP contribution in [0, 0.1) is 6.92 Å². The van der Waals surface area contributed by atoms with Gasteiger partial charge in [-0.1, -0.05) is 24.3 Å². The van der Waals surface area contributed by atoms with Gasteiger partial charge in [-0.2, -0.15) is 8.78 Å². The van der Waals surface area contributed by atoms with Gasteiger partial charge in [0, 0.05) is 18.7 Å². The molecule has 1 aliphatic heterocycles. The second-order valence-corrected chi connectivity index (χ2v) is 7.52. The molecular weight excluding hydrogens is 392 g/mol. The minimum absolute atomic E-state index is 0.163. The van der Waals surface area contributed by atoms with Crippen molar-refractivity contribution in [2.75, 3.05) is 13.1 Å². The Morgan fingerprint density at radius 3 is 2.67 bits per heavy atom. The lowest BCUT2D eigenvalue weighted by Gasteiger charge is -2.30. The standard InChI is InChI=1S/C22H23F2N3O3/c1-14-25-18-12-16(15-8-10-26(11-9-15)22(28)29)6-7-19(18)27(14)13-17-4-2-3-5-20(17)30-21(23)24/h2-7,12,15,21H,8-11,13H2,1H3,(H,28,29). The van der Waals surface area contributed by atoms with E-state index < -0.39 is 12.7 Å². The number of likely N-dealkylation sites (tertiary alicyclic amines) is 1. The largest absolute Gasteiger partial charge is 0.465 e. The van der Waals surface area contributed by atoms with Crippen molar-refractivity contribution in [2.45, 2.75) is 38.8 Å². The summed E-state index contributed by atoms with van der Waals surface area (Å²) in [4.78, 5) is 17.2. The molecule has 30 heavy (non-hydrogen) atoms. The smallest absolute Gasteiger partial charge is 0.407 e. The van der Waals surface area contributed by atoms with E-state index in [9.17, 15) is 13.6 Å². The van der Waals surface area contributed by atoms with E-state index in [0.717, 1.165) is 35.3 Å². The normalized spacial score (nSPS) is 15.1. The summed E-state index contributed by atoms with van der Waals surface area (Å²) in [5.74, 6) is 1.25. The van der Waals surface area contributed by atoms with Crippen LogP contribution >= 0.6 is 0 Å². The van der Waals surface area contributed by atoms with Gasteiger partial charge in [0.1, 0.15) is 11.6 Å². The summed E-state index contributed by atoms with van der Waals surface area (Å²) in [6.07, 6.45) is 0.709. The molecule has 0 bridgehead atoms. The van der Waals surface area contributed by atoms with Crippen molar-refractivity contribution in [3.63, 3.8) is 0 Å². The number of alkyl halides is 2. The van der Waals surface area contributed by atoms with Crippen LogP contribution in [0.1, 0.15) is 35.7 Å². The second kappa shape index (κ2) is 8.30. The van der Waals surface area contributed by atoms with Crippen LogP contribution in [0.25, 0.3) is 11.0 Å². The SMILES string of the molecule is Cc1nc2cc(C3CCN(C(=O)O)CC3)ccc2n1Cc1ccccc1OC(F)F. The molecule has 0 radical (unpaired) electrons. The molecule has 1 amide bonds. The summed E-state index contributed by atoms with van der Waals surface area (Å²) in [5.41, 5.74) is 3.58. The van der Waals surface area contributed by atoms with Crippen LogP contribution in [0.4, 0.5) is 13.6 Å². The highest BCUT2D eigenvalue weighted by molar-refractivity contribution is 5.77. The zero-order valence-corrected chi connectivity index (χ0v) is 16.6. The minimum Gasteiger partial charge on any atom is -0.465 e. The zero-order valence-electron chi connectivity index (χ0n) is 16.6. The highest BCUT2D eigenvalue weighted by Crippen LogP contribution is 2.31. The summed E-state index contributed by atoms with van der Waals surface area (Å²) in [5, 5.41) is 9.12. The maximum Gasteiger partial charge on any atom is 0.407 e. The summed E-state index contributed by atoms with van der Waals surface area (Å²) in [6, 6.07) is 12.9. The maximum absolute atomic E-state index is 12.7. The summed E-state index contributed by atoms with van der Waals surface area (Å²) in [6.45, 7) is 0.462. The molecule has 1 saturated heterocycles. The predicted octanol–water partition coefficient (Wildman–Crippen LogP) is 4.85. The first kappa shape index (κ1) is 20.1. The van der Waals surface area contributed by atoms with Crippen molar-refractivity contribution in [3.05, 3.63) is 59.4 Å². The molecule has 1 aliphatic rings. The fourth-order valence-corrected chi connectivity index (χ4v) is 4.14. The lowest BCUT2D eigenvalue weighted by atomic mass is 9.89. The van der Waals surface area contributed by atoms with Gasteiger partial charge in [0.05, 0.1) is 17.6 Å². The van der Waals surface area contributed by atoms with Gasteiger partial charge in [0.2, 0.25) is 0 Å². The maximum atomic E-state index is 12.7. The van der Waals surface area contributed by atoms with E-state index >= 15 is 0 Å². The van der Waals surface area contributed by atoms with Gasteiger partial charge in [-0.15, -0.1) is 0 Å². The highest BCUT2D eigenvalue weighted by atomic mass is 19.3. The molecule has 0 saturated carbocycles. The van der Waals surface area contributed by atoms with Gasteiger partial charge in [-0.25, -0.2) is 9.78 Å². The lowest BCUT2D eigenvalue weighted by molar-refractivity contribution is -0.0504. The van der Waals surface area contributed by atoms with Crippen LogP contribution in [-0.4, -0.2) is 45.4 Å². The van der Waals surface area contributed by atoms with Crippen LogP contribution in [0.15, 0.2) is 42.5 Å². The van der Waals surface area contributed by atoms with Crippen LogP contribution < -0.4 is 4.74 Å². The number of para-hydroxylation sites is 1. The van der Waals surface area contributed by atoms with Crippen molar-refractivity contribution >= 4 is 17.1 Å². The Balaban J connectivity index is 1.58. The molecule has 3 aromatic rings. The summed E-state index contributed by atoms with van der Waals surface area (Å²) < 4.78 is 32.1. The number of benzene rings is 2. The average Bonchev–Trinajstić information content (AvgIpc) is 3.03. The van der Waals surface area contributed by atoms with Crippen molar-refractivity contribution in [1.29, 1.82) is 0 Å². The van der Waals surface area contributed by atoms with Crippen molar-refractivity contribution < 1.29 is 23.4 Å². The van der Waals surface area contributed by atoms with Gasteiger partial charge in [0.25, 0.3) is 0 Å². The van der Waals surface area contributed by atoms with E-state index in [4.69, 9.17) is 5.11 Å². The number of rotatable bonds is 5. The van der Waals surface area contributed by atoms with Crippen LogP contribution in [0.2, 0.25) is 0 Å². The summed E-state index contributed by atoms with van der Waals surface area (Å²) >= 11 is 0. The molecule has 1 fully saturated rings. The Hall–Kier alpha value is -3.16. The molecule has 1 aromatic heterocycles. The number of amides is 1. The third-order valence-electron chi connectivity index (χ3n) is 5.72. The van der Waals surface area contributed by atoms with Crippen molar-refractivity contribution in [2.24, 2.45) is 0 Å². The van der Waals surface area contributed by atoms with Gasteiger partial charge in [-0.3, -0.25) is 0 Å². The number of aromatic nitrogens is 2. The van der Waals surface area contributed by atoms with E-state index in [-0.39, 0.29) is 5.75 Å². The number of nitrogens with zero attached hydrogens (tertiary/aromatic N) is 3. The number of aryl methyl sites for hydroxylation is 1. The van der Waals surface area contributed by atoms with Gasteiger partial charge >= 0.3 is 12.7 Å². The van der Waals surface area contributed by atoms with E-state index in [1.165, 1.54) is 11.0 Å². The second-order valence-electron chi connectivity index (χ2n) is 7.52. The number of carboxylic acid groups (broad SMARTS) is 1. The number of carbonyl (C=O) groups is 1. The number of fused-ring (bicyclic) bond motifs is 1. The average molecular weight is 415 g/mol. The third kappa shape index (κ3) is 4.08. The number of ether oxygens (including phenoxy) is 1. The fourth-order valence-electron chi connectivity index (χ4n) is 4.14. The summed E-state index contributed by atoms with van der Waals surface area (Å²) in [7, 11) is 0. The Morgan fingerprint density at radius 1 is 1.23 bits per heavy atom. The molecule has 2 heterocycles. The fraction of sp³-hybridized carbons (Fsp3) is 0.364. The molecule has 1 N–H and O–H groups in total. The Kier molecular flexibility index (Phi) is 5.57. The minimum atomic E-state index is -2.87. The quantitative estimate of drug-likeness (QED) is 0.647. The van der Waals surface area contributed by atoms with Crippen LogP contribution in [0.5, 0.6) is 5.75 Å². The molecule has 0 atom stereocenters. The van der Waals surface area contributed by atoms with E-state index in [1.807, 2.05) is 17.6 Å². The lowest BCUT2D eigenvalue weighted by Crippen LogP contribution is -2.36. The molecular formula is C22H23F2N3O3. The Bertz CT molecular complexity index is 1060. The topological polar surface area (TPSA) is 67.6 Å². The first-order valence-electron chi connectivity index (χ1n) is 9.89. The molecule has 0 spiro atoms. The van der Waals surface area contributed by atoms with E-state index in [1.54, 1.807) is 18.2 Å². The highest BCUT2D eigenvalue weighted by Gasteiger charge is 2.24. The molecule has 158 valence electrons. The van der Waals surface area contributed by atoms with Crippen LogP contribution in [0.3, 0.4) is 0 Å². The molecule has 0 unspecified atom stereocenters. The third-order valence-corrected chi connectivity index (χ3v) is 5.72. The first-order chi connectivity index (χ1) is 14.4. The van der Waals surface area contributed by atoms with Crippen LogP contribution in [-0.2, 0) is 6.54 Å². The Labute approximate surface area is 172 Å². The van der Waals surface area contributed by atoms with Gasteiger partial charge in [-0.05, 0) is 49.4 Å². The molecule has 4 rings (SSSR count). The number of piperidine rings is 1. The predicted molar refractivity (Wildman–Crippen MR) is 108 cm³/mol. The monoisotopic (exact) mass is 415 g/mol. The molecule has 6 nitrogen and oxygen atoms in total. The van der Waals surface area contributed by atoms with Crippen molar-refractivity contribution in [1.82, 2.24) is 14.5 Å². The number of halogens is 2. The van der Waals surface area contributed by atoms with Gasteiger partial charge in [0.15, 0.2) is 0 Å². The number of hydrogen-bond acceptors (Lipinski definition) is 3. The number of hydrogen-bond donors (Lipinski definition) is 1. The number of imidazole rings is 1. The molecule has 0 aliphatic carbocycles. The molecule has 8 heteroatoms. The Morgan fingerprint density at radius 2 is 1.97 bits per heavy atom.